The van der Waals surface area contributed by atoms with Crippen molar-refractivity contribution in [2.24, 2.45) is 0 Å². The highest BCUT2D eigenvalue weighted by molar-refractivity contribution is 7.09. The quantitative estimate of drug-likeness (QED) is 0.782. The van der Waals surface area contributed by atoms with Crippen LogP contribution < -0.4 is 0 Å². The molecule has 0 saturated carbocycles. The number of hydrogen-bond donors (Lipinski definition) is 1. The first kappa shape index (κ1) is 12.1. The molecule has 0 aromatic carbocycles. The van der Waals surface area contributed by atoms with Crippen LogP contribution >= 0.6 is 11.3 Å². The average molecular weight is 229 g/mol. The molecule has 1 unspecified atom stereocenters. The summed E-state index contributed by atoms with van der Waals surface area (Å²) in [6.45, 7) is 4.02. The predicted molar refractivity (Wildman–Crippen MR) is 57.7 cm³/mol. The molecular formula is C10H15NO3S. The number of esters is 1. The van der Waals surface area contributed by atoms with Crippen LogP contribution in [0.1, 0.15) is 36.6 Å². The first-order valence-corrected chi connectivity index (χ1v) is 5.77. The standard InChI is InChI=1S/C10H15NO3S/c1-3-14-10(13)5-4-9(12)8-6-15-7(2)11-8/h6,9,12H,3-5H2,1-2H3. The minimum Gasteiger partial charge on any atom is -0.466 e. The van der Waals surface area contributed by atoms with Gasteiger partial charge in [0.25, 0.3) is 0 Å². The minimum absolute atomic E-state index is 0.228. The van der Waals surface area contributed by atoms with Crippen molar-refractivity contribution in [3.63, 3.8) is 0 Å². The lowest BCUT2D eigenvalue weighted by Gasteiger charge is -2.06. The van der Waals surface area contributed by atoms with Crippen molar-refractivity contribution >= 4 is 17.3 Å². The fraction of sp³-hybridized carbons (Fsp3) is 0.600. The van der Waals surface area contributed by atoms with Gasteiger partial charge in [-0.2, -0.15) is 0 Å². The number of aliphatic hydroxyl groups is 1. The smallest absolute Gasteiger partial charge is 0.305 e. The van der Waals surface area contributed by atoms with E-state index in [1.165, 1.54) is 11.3 Å². The second-order valence-electron chi connectivity index (χ2n) is 3.15. The Bertz CT molecular complexity index is 324. The van der Waals surface area contributed by atoms with Gasteiger partial charge < -0.3 is 9.84 Å². The number of aryl methyl sites for hydroxylation is 1. The van der Waals surface area contributed by atoms with Crippen LogP contribution in [-0.2, 0) is 9.53 Å². The fourth-order valence-electron chi connectivity index (χ4n) is 1.17. The number of aliphatic hydroxyl groups excluding tert-OH is 1. The Hall–Kier alpha value is -0.940. The Kier molecular flexibility index (Phi) is 4.71. The number of rotatable bonds is 5. The molecular weight excluding hydrogens is 214 g/mol. The summed E-state index contributed by atoms with van der Waals surface area (Å²) >= 11 is 1.49. The second-order valence-corrected chi connectivity index (χ2v) is 4.21. The molecule has 1 atom stereocenters. The zero-order valence-electron chi connectivity index (χ0n) is 8.90. The maximum atomic E-state index is 11.0. The summed E-state index contributed by atoms with van der Waals surface area (Å²) in [5.74, 6) is -0.275. The number of nitrogens with zero attached hydrogens (tertiary/aromatic N) is 1. The highest BCUT2D eigenvalue weighted by atomic mass is 32.1. The first-order valence-electron chi connectivity index (χ1n) is 4.89. The highest BCUT2D eigenvalue weighted by Crippen LogP contribution is 2.20. The zero-order valence-corrected chi connectivity index (χ0v) is 9.71. The summed E-state index contributed by atoms with van der Waals surface area (Å²) in [6, 6.07) is 0. The largest absolute Gasteiger partial charge is 0.466 e. The SMILES string of the molecule is CCOC(=O)CCC(O)c1csc(C)n1. The molecule has 0 aliphatic heterocycles. The molecule has 0 aliphatic rings. The molecule has 0 saturated heterocycles. The molecule has 1 aromatic rings. The molecule has 0 aliphatic carbocycles. The summed E-state index contributed by atoms with van der Waals surface area (Å²) in [6.07, 6.45) is -0.0764. The van der Waals surface area contributed by atoms with Crippen LogP contribution in [0.2, 0.25) is 0 Å². The van der Waals surface area contributed by atoms with Crippen molar-refractivity contribution in [1.82, 2.24) is 4.98 Å². The number of hydrogen-bond acceptors (Lipinski definition) is 5. The lowest BCUT2D eigenvalue weighted by Crippen LogP contribution is -2.07. The van der Waals surface area contributed by atoms with Gasteiger partial charge in [-0.25, -0.2) is 4.98 Å². The zero-order chi connectivity index (χ0) is 11.3. The number of ether oxygens (including phenoxy) is 1. The molecule has 0 amide bonds. The van der Waals surface area contributed by atoms with E-state index in [4.69, 9.17) is 4.74 Å². The molecule has 0 fully saturated rings. The molecule has 1 aromatic heterocycles. The summed E-state index contributed by atoms with van der Waals surface area (Å²) in [4.78, 5) is 15.2. The number of carbonyl (C=O) groups is 1. The third kappa shape index (κ3) is 3.97. The minimum atomic E-state index is -0.667. The van der Waals surface area contributed by atoms with E-state index < -0.39 is 6.10 Å². The van der Waals surface area contributed by atoms with Crippen LogP contribution in [0.4, 0.5) is 0 Å². The van der Waals surface area contributed by atoms with E-state index in [0.717, 1.165) is 5.01 Å². The molecule has 84 valence electrons. The topological polar surface area (TPSA) is 59.4 Å². The Morgan fingerprint density at radius 1 is 1.73 bits per heavy atom. The summed E-state index contributed by atoms with van der Waals surface area (Å²) in [5, 5.41) is 12.4. The van der Waals surface area contributed by atoms with Gasteiger partial charge in [-0.15, -0.1) is 11.3 Å². The molecule has 0 radical (unpaired) electrons. The van der Waals surface area contributed by atoms with Crippen LogP contribution in [-0.4, -0.2) is 22.7 Å². The maximum absolute atomic E-state index is 11.0. The van der Waals surface area contributed by atoms with E-state index >= 15 is 0 Å². The normalized spacial score (nSPS) is 12.5. The molecule has 15 heavy (non-hydrogen) atoms. The number of carbonyl (C=O) groups excluding carboxylic acids is 1. The van der Waals surface area contributed by atoms with E-state index in [2.05, 4.69) is 4.98 Å². The summed E-state index contributed by atoms with van der Waals surface area (Å²) in [5.41, 5.74) is 0.641. The van der Waals surface area contributed by atoms with Crippen molar-refractivity contribution in [2.75, 3.05) is 6.61 Å². The van der Waals surface area contributed by atoms with Crippen molar-refractivity contribution in [3.05, 3.63) is 16.1 Å². The molecule has 0 bridgehead atoms. The average Bonchev–Trinajstić information content (AvgIpc) is 2.62. The Labute approximate surface area is 92.9 Å². The number of thiazole rings is 1. The van der Waals surface area contributed by atoms with Crippen LogP contribution in [0.15, 0.2) is 5.38 Å². The number of aromatic nitrogens is 1. The molecule has 1 N–H and O–H groups in total. The van der Waals surface area contributed by atoms with Crippen molar-refractivity contribution in [1.29, 1.82) is 0 Å². The molecule has 1 rings (SSSR count). The van der Waals surface area contributed by atoms with Gasteiger partial charge in [0.15, 0.2) is 0 Å². The summed E-state index contributed by atoms with van der Waals surface area (Å²) < 4.78 is 4.77. The van der Waals surface area contributed by atoms with Gasteiger partial charge in [0.2, 0.25) is 0 Å². The fourth-order valence-corrected chi connectivity index (χ4v) is 1.83. The Balaban J connectivity index is 2.36. The van der Waals surface area contributed by atoms with Crippen LogP contribution in [0.25, 0.3) is 0 Å². The van der Waals surface area contributed by atoms with Gasteiger partial charge in [-0.05, 0) is 20.3 Å². The Morgan fingerprint density at radius 2 is 2.47 bits per heavy atom. The van der Waals surface area contributed by atoms with Gasteiger partial charge >= 0.3 is 5.97 Å². The molecule has 0 spiro atoms. The lowest BCUT2D eigenvalue weighted by molar-refractivity contribution is -0.143. The third-order valence-electron chi connectivity index (χ3n) is 1.91. The van der Waals surface area contributed by atoms with E-state index in [0.29, 0.717) is 18.7 Å². The Morgan fingerprint density at radius 3 is 3.00 bits per heavy atom. The van der Waals surface area contributed by atoms with Gasteiger partial charge in [0.1, 0.15) is 0 Å². The van der Waals surface area contributed by atoms with Gasteiger partial charge in [0, 0.05) is 11.8 Å². The van der Waals surface area contributed by atoms with E-state index in [9.17, 15) is 9.90 Å². The monoisotopic (exact) mass is 229 g/mol. The predicted octanol–water partition coefficient (Wildman–Crippen LogP) is 1.83. The van der Waals surface area contributed by atoms with Gasteiger partial charge in [-0.3, -0.25) is 4.79 Å². The van der Waals surface area contributed by atoms with Crippen LogP contribution in [0, 0.1) is 6.92 Å². The molecule has 4 nitrogen and oxygen atoms in total. The third-order valence-corrected chi connectivity index (χ3v) is 2.70. The van der Waals surface area contributed by atoms with Crippen molar-refractivity contribution in [2.45, 2.75) is 32.8 Å². The second kappa shape index (κ2) is 5.82. The van der Waals surface area contributed by atoms with E-state index in [1.54, 1.807) is 6.92 Å². The van der Waals surface area contributed by atoms with Crippen molar-refractivity contribution in [3.8, 4) is 0 Å². The lowest BCUT2D eigenvalue weighted by atomic mass is 10.1. The van der Waals surface area contributed by atoms with Gasteiger partial charge in [0.05, 0.1) is 23.4 Å². The first-order chi connectivity index (χ1) is 7.13. The van der Waals surface area contributed by atoms with Crippen molar-refractivity contribution < 1.29 is 14.6 Å². The molecule has 5 heteroatoms. The van der Waals surface area contributed by atoms with E-state index in [-0.39, 0.29) is 12.4 Å². The summed E-state index contributed by atoms with van der Waals surface area (Å²) in [7, 11) is 0. The van der Waals surface area contributed by atoms with E-state index in [1.807, 2.05) is 12.3 Å². The maximum Gasteiger partial charge on any atom is 0.305 e. The van der Waals surface area contributed by atoms with Crippen LogP contribution in [0.3, 0.4) is 0 Å². The van der Waals surface area contributed by atoms with Crippen LogP contribution in [0.5, 0.6) is 0 Å². The van der Waals surface area contributed by atoms with Gasteiger partial charge in [-0.1, -0.05) is 0 Å². The molecule has 1 heterocycles. The highest BCUT2D eigenvalue weighted by Gasteiger charge is 2.13.